The summed E-state index contributed by atoms with van der Waals surface area (Å²) < 4.78 is 16.3. The Balaban J connectivity index is 2.15. The highest BCUT2D eigenvalue weighted by atomic mass is 16.5. The smallest absolute Gasteiger partial charge is 0.161 e. The fourth-order valence-electron chi connectivity index (χ4n) is 1.98. The molecule has 0 atom stereocenters. The van der Waals surface area contributed by atoms with E-state index in [-0.39, 0.29) is 0 Å². The fourth-order valence-corrected chi connectivity index (χ4v) is 1.98. The topological polar surface area (TPSA) is 44.5 Å². The van der Waals surface area contributed by atoms with E-state index in [1.54, 1.807) is 7.11 Å². The number of aryl methyl sites for hydroxylation is 2. The molecule has 0 fully saturated rings. The van der Waals surface area contributed by atoms with Crippen molar-refractivity contribution in [2.45, 2.75) is 26.9 Å². The van der Waals surface area contributed by atoms with Gasteiger partial charge in [-0.2, -0.15) is 0 Å². The van der Waals surface area contributed by atoms with Gasteiger partial charge < -0.3 is 14.0 Å². The highest BCUT2D eigenvalue weighted by Gasteiger charge is 2.11. The molecule has 0 aliphatic carbocycles. The maximum absolute atomic E-state index is 5.82. The van der Waals surface area contributed by atoms with Gasteiger partial charge in [0.15, 0.2) is 11.5 Å². The summed E-state index contributed by atoms with van der Waals surface area (Å²) in [5, 5.41) is 3.91. The summed E-state index contributed by atoms with van der Waals surface area (Å²) in [6.07, 6.45) is 2.67. The molecular weight excluding hydrogens is 254 g/mol. The zero-order valence-corrected chi connectivity index (χ0v) is 12.1. The Morgan fingerprint density at radius 3 is 2.70 bits per heavy atom. The summed E-state index contributed by atoms with van der Waals surface area (Å²) in [7, 11) is 1.63. The molecule has 4 heteroatoms. The lowest BCUT2D eigenvalue weighted by molar-refractivity contribution is 0.281. The molecule has 106 valence electrons. The van der Waals surface area contributed by atoms with E-state index in [1.807, 2.05) is 38.1 Å². The minimum absolute atomic E-state index is 0.415. The summed E-state index contributed by atoms with van der Waals surface area (Å²) >= 11 is 0. The van der Waals surface area contributed by atoms with Crippen molar-refractivity contribution in [2.24, 2.45) is 0 Å². The van der Waals surface area contributed by atoms with Gasteiger partial charge in [-0.15, -0.1) is 6.58 Å². The molecule has 0 saturated carbocycles. The molecule has 0 unspecified atom stereocenters. The molecule has 2 aromatic rings. The Bertz CT molecular complexity index is 582. The van der Waals surface area contributed by atoms with Gasteiger partial charge in [0.25, 0.3) is 0 Å². The van der Waals surface area contributed by atoms with E-state index < -0.39 is 0 Å². The van der Waals surface area contributed by atoms with Crippen LogP contribution in [0.3, 0.4) is 0 Å². The monoisotopic (exact) mass is 273 g/mol. The van der Waals surface area contributed by atoms with Gasteiger partial charge in [-0.05, 0) is 38.0 Å². The van der Waals surface area contributed by atoms with Crippen molar-refractivity contribution in [3.63, 3.8) is 0 Å². The van der Waals surface area contributed by atoms with Crippen LogP contribution >= 0.6 is 0 Å². The van der Waals surface area contributed by atoms with Crippen LogP contribution in [0.1, 0.15) is 22.6 Å². The molecule has 0 aliphatic heterocycles. The molecule has 0 amide bonds. The van der Waals surface area contributed by atoms with Crippen LogP contribution in [-0.4, -0.2) is 12.3 Å². The Hall–Kier alpha value is -2.23. The first-order valence-corrected chi connectivity index (χ1v) is 6.48. The van der Waals surface area contributed by atoms with Crippen LogP contribution in [0.4, 0.5) is 0 Å². The molecule has 1 aromatic carbocycles. The number of ether oxygens (including phenoxy) is 2. The third-order valence-corrected chi connectivity index (χ3v) is 3.16. The van der Waals surface area contributed by atoms with Crippen molar-refractivity contribution in [1.29, 1.82) is 0 Å². The number of nitrogens with zero attached hydrogens (tertiary/aromatic N) is 1. The Morgan fingerprint density at radius 2 is 2.10 bits per heavy atom. The number of hydrogen-bond donors (Lipinski definition) is 0. The van der Waals surface area contributed by atoms with E-state index in [2.05, 4.69) is 11.7 Å². The van der Waals surface area contributed by atoms with Crippen molar-refractivity contribution in [3.8, 4) is 11.5 Å². The first kappa shape index (κ1) is 14.2. The highest BCUT2D eigenvalue weighted by Crippen LogP contribution is 2.29. The van der Waals surface area contributed by atoms with Gasteiger partial charge in [-0.25, -0.2) is 0 Å². The number of hydrogen-bond acceptors (Lipinski definition) is 4. The van der Waals surface area contributed by atoms with Gasteiger partial charge in [0.1, 0.15) is 12.4 Å². The van der Waals surface area contributed by atoms with Crippen molar-refractivity contribution >= 4 is 0 Å². The normalized spacial score (nSPS) is 10.3. The molecule has 0 N–H and O–H groups in total. The van der Waals surface area contributed by atoms with Crippen LogP contribution in [0.15, 0.2) is 35.4 Å². The van der Waals surface area contributed by atoms with Gasteiger partial charge in [-0.1, -0.05) is 17.3 Å². The summed E-state index contributed by atoms with van der Waals surface area (Å²) in [4.78, 5) is 0. The SMILES string of the molecule is C=CCc1ccc(OCc2c(C)noc2C)c(OC)c1. The molecule has 2 rings (SSSR count). The molecule has 0 radical (unpaired) electrons. The average Bonchev–Trinajstić information content (AvgIpc) is 2.77. The zero-order chi connectivity index (χ0) is 14.5. The van der Waals surface area contributed by atoms with E-state index in [4.69, 9.17) is 14.0 Å². The second-order valence-electron chi connectivity index (χ2n) is 4.57. The van der Waals surface area contributed by atoms with Gasteiger partial charge in [-0.3, -0.25) is 0 Å². The van der Waals surface area contributed by atoms with Crippen molar-refractivity contribution < 1.29 is 14.0 Å². The van der Waals surface area contributed by atoms with Crippen molar-refractivity contribution in [2.75, 3.05) is 7.11 Å². The van der Waals surface area contributed by atoms with Crippen LogP contribution in [0.2, 0.25) is 0 Å². The van der Waals surface area contributed by atoms with E-state index in [0.29, 0.717) is 12.4 Å². The Morgan fingerprint density at radius 1 is 1.30 bits per heavy atom. The lowest BCUT2D eigenvalue weighted by atomic mass is 10.1. The third kappa shape index (κ3) is 3.02. The van der Waals surface area contributed by atoms with Crippen molar-refractivity contribution in [3.05, 3.63) is 53.4 Å². The summed E-state index contributed by atoms with van der Waals surface area (Å²) in [5.74, 6) is 2.21. The largest absolute Gasteiger partial charge is 0.493 e. The first-order chi connectivity index (χ1) is 9.65. The van der Waals surface area contributed by atoms with E-state index in [1.165, 1.54) is 0 Å². The minimum Gasteiger partial charge on any atom is -0.493 e. The predicted octanol–water partition coefficient (Wildman–Crippen LogP) is 3.61. The molecule has 0 aliphatic rings. The molecule has 0 bridgehead atoms. The maximum Gasteiger partial charge on any atom is 0.161 e. The number of methoxy groups -OCH3 is 1. The van der Waals surface area contributed by atoms with Crippen LogP contribution in [-0.2, 0) is 13.0 Å². The first-order valence-electron chi connectivity index (χ1n) is 6.48. The molecule has 0 saturated heterocycles. The quantitative estimate of drug-likeness (QED) is 0.754. The van der Waals surface area contributed by atoms with Crippen LogP contribution < -0.4 is 9.47 Å². The summed E-state index contributed by atoms with van der Waals surface area (Å²) in [6, 6.07) is 5.88. The summed E-state index contributed by atoms with van der Waals surface area (Å²) in [5.41, 5.74) is 2.97. The zero-order valence-electron chi connectivity index (χ0n) is 12.1. The molecule has 0 spiro atoms. The number of allylic oxidation sites excluding steroid dienone is 1. The molecule has 20 heavy (non-hydrogen) atoms. The van der Waals surface area contributed by atoms with E-state index in [0.717, 1.165) is 34.8 Å². The van der Waals surface area contributed by atoms with Crippen molar-refractivity contribution in [1.82, 2.24) is 5.16 Å². The Labute approximate surface area is 119 Å². The summed E-state index contributed by atoms with van der Waals surface area (Å²) in [6.45, 7) is 7.93. The number of benzene rings is 1. The fraction of sp³-hybridized carbons (Fsp3) is 0.312. The minimum atomic E-state index is 0.415. The predicted molar refractivity (Wildman–Crippen MR) is 77.2 cm³/mol. The van der Waals surface area contributed by atoms with Gasteiger partial charge >= 0.3 is 0 Å². The lowest BCUT2D eigenvalue weighted by Crippen LogP contribution is -2.00. The Kier molecular flexibility index (Phi) is 4.45. The van der Waals surface area contributed by atoms with Gasteiger partial charge in [0, 0.05) is 0 Å². The molecule has 4 nitrogen and oxygen atoms in total. The van der Waals surface area contributed by atoms with Crippen LogP contribution in [0.5, 0.6) is 11.5 Å². The highest BCUT2D eigenvalue weighted by molar-refractivity contribution is 5.43. The molecular formula is C16H19NO3. The lowest BCUT2D eigenvalue weighted by Gasteiger charge is -2.11. The number of rotatable bonds is 6. The van der Waals surface area contributed by atoms with Crippen LogP contribution in [0.25, 0.3) is 0 Å². The van der Waals surface area contributed by atoms with E-state index in [9.17, 15) is 0 Å². The van der Waals surface area contributed by atoms with E-state index >= 15 is 0 Å². The number of aromatic nitrogens is 1. The molecule has 1 heterocycles. The second-order valence-corrected chi connectivity index (χ2v) is 4.57. The van der Waals surface area contributed by atoms with Gasteiger partial charge in [0.2, 0.25) is 0 Å². The molecule has 1 aromatic heterocycles. The maximum atomic E-state index is 5.82. The standard InChI is InChI=1S/C16H19NO3/c1-5-6-13-7-8-15(16(9-13)18-4)19-10-14-11(2)17-20-12(14)3/h5,7-9H,1,6,10H2,2-4H3. The third-order valence-electron chi connectivity index (χ3n) is 3.16. The van der Waals surface area contributed by atoms with Gasteiger partial charge in [0.05, 0.1) is 18.4 Å². The second kappa shape index (κ2) is 6.28. The van der Waals surface area contributed by atoms with Crippen LogP contribution in [0, 0.1) is 13.8 Å². The average molecular weight is 273 g/mol.